The van der Waals surface area contributed by atoms with Crippen LogP contribution in [-0.2, 0) is 16.1 Å². The Morgan fingerprint density at radius 2 is 2.47 bits per heavy atom. The van der Waals surface area contributed by atoms with Crippen LogP contribution in [0, 0.1) is 0 Å². The van der Waals surface area contributed by atoms with Gasteiger partial charge in [-0.25, -0.2) is 9.59 Å². The van der Waals surface area contributed by atoms with Gasteiger partial charge in [0.2, 0.25) is 6.10 Å². The largest absolute Gasteiger partial charge is 0.479 e. The maximum absolute atomic E-state index is 11.5. The highest BCUT2D eigenvalue weighted by molar-refractivity contribution is 5.78. The van der Waals surface area contributed by atoms with E-state index >= 15 is 0 Å². The molecule has 1 aliphatic heterocycles. The summed E-state index contributed by atoms with van der Waals surface area (Å²) < 4.78 is 4.80. The van der Waals surface area contributed by atoms with E-state index in [1.807, 2.05) is 6.07 Å². The smallest absolute Gasteiger partial charge is 0.410 e. The zero-order valence-electron chi connectivity index (χ0n) is 9.07. The fourth-order valence-electron chi connectivity index (χ4n) is 1.65. The highest BCUT2D eigenvalue weighted by Gasteiger charge is 2.31. The van der Waals surface area contributed by atoms with E-state index in [1.54, 1.807) is 18.5 Å². The van der Waals surface area contributed by atoms with Gasteiger partial charge in [-0.2, -0.15) is 0 Å². The number of cyclic esters (lactones) is 1. The van der Waals surface area contributed by atoms with Crippen LogP contribution >= 0.6 is 0 Å². The minimum absolute atomic E-state index is 0.307. The molecule has 0 radical (unpaired) electrons. The normalized spacial score (nSPS) is 19.9. The third-order valence-corrected chi connectivity index (χ3v) is 2.53. The van der Waals surface area contributed by atoms with Crippen molar-refractivity contribution >= 4 is 12.1 Å². The van der Waals surface area contributed by atoms with Gasteiger partial charge in [0.1, 0.15) is 0 Å². The average Bonchev–Trinajstić information content (AvgIpc) is 2.33. The van der Waals surface area contributed by atoms with Gasteiger partial charge in [-0.3, -0.25) is 4.98 Å². The summed E-state index contributed by atoms with van der Waals surface area (Å²) in [7, 11) is 0. The lowest BCUT2D eigenvalue weighted by Gasteiger charge is -2.29. The number of pyridine rings is 1. The van der Waals surface area contributed by atoms with Crippen molar-refractivity contribution in [3.63, 3.8) is 0 Å². The number of carboxylic acid groups (broad SMARTS) is 1. The van der Waals surface area contributed by atoms with Crippen LogP contribution in [-0.4, -0.2) is 39.7 Å². The van der Waals surface area contributed by atoms with Gasteiger partial charge >= 0.3 is 12.1 Å². The molecule has 17 heavy (non-hydrogen) atoms. The second-order valence-electron chi connectivity index (χ2n) is 3.78. The summed E-state index contributed by atoms with van der Waals surface area (Å²) in [6.07, 6.45) is 2.01. The van der Waals surface area contributed by atoms with E-state index in [2.05, 4.69) is 4.98 Å². The number of ether oxygens (including phenoxy) is 1. The lowest BCUT2D eigenvalue weighted by molar-refractivity contribution is -0.149. The second-order valence-corrected chi connectivity index (χ2v) is 3.78. The van der Waals surface area contributed by atoms with Crippen LogP contribution in [0.5, 0.6) is 0 Å². The predicted molar refractivity (Wildman–Crippen MR) is 57.2 cm³/mol. The molecule has 1 aromatic rings. The van der Waals surface area contributed by atoms with Gasteiger partial charge in [0.15, 0.2) is 0 Å². The first kappa shape index (κ1) is 11.4. The lowest BCUT2D eigenvalue weighted by Crippen LogP contribution is -2.44. The summed E-state index contributed by atoms with van der Waals surface area (Å²) in [6.45, 7) is 0.768. The molecule has 6 heteroatoms. The maximum Gasteiger partial charge on any atom is 0.410 e. The van der Waals surface area contributed by atoms with Gasteiger partial charge in [0.25, 0.3) is 0 Å². The molecular formula is C11H12N2O4. The number of amides is 1. The molecule has 0 bridgehead atoms. The zero-order chi connectivity index (χ0) is 12.3. The molecule has 0 aliphatic carbocycles. The van der Waals surface area contributed by atoms with Crippen molar-refractivity contribution in [1.29, 1.82) is 0 Å². The Labute approximate surface area is 97.8 Å². The lowest BCUT2D eigenvalue weighted by atomic mass is 10.2. The van der Waals surface area contributed by atoms with Gasteiger partial charge in [0.05, 0.1) is 6.54 Å². The first-order valence-electron chi connectivity index (χ1n) is 5.24. The van der Waals surface area contributed by atoms with E-state index in [1.165, 1.54) is 4.90 Å². The fourth-order valence-corrected chi connectivity index (χ4v) is 1.65. The first-order valence-corrected chi connectivity index (χ1v) is 5.24. The summed E-state index contributed by atoms with van der Waals surface area (Å²) in [6, 6.07) is 3.63. The number of aliphatic carboxylic acids is 1. The molecule has 2 rings (SSSR count). The molecule has 0 spiro atoms. The molecule has 1 saturated heterocycles. The zero-order valence-corrected chi connectivity index (χ0v) is 9.07. The van der Waals surface area contributed by atoms with Crippen molar-refractivity contribution < 1.29 is 19.4 Å². The molecule has 1 aliphatic rings. The molecule has 1 N–H and O–H groups in total. The summed E-state index contributed by atoms with van der Waals surface area (Å²) in [4.78, 5) is 27.6. The Kier molecular flexibility index (Phi) is 3.22. The van der Waals surface area contributed by atoms with E-state index in [0.717, 1.165) is 5.56 Å². The van der Waals surface area contributed by atoms with Crippen molar-refractivity contribution in [3.8, 4) is 0 Å². The Morgan fingerprint density at radius 3 is 3.06 bits per heavy atom. The van der Waals surface area contributed by atoms with E-state index < -0.39 is 18.2 Å². The van der Waals surface area contributed by atoms with Crippen LogP contribution in [0.25, 0.3) is 0 Å². The number of rotatable bonds is 3. The summed E-state index contributed by atoms with van der Waals surface area (Å²) >= 11 is 0. The van der Waals surface area contributed by atoms with Crippen LogP contribution in [0.2, 0.25) is 0 Å². The van der Waals surface area contributed by atoms with E-state index in [-0.39, 0.29) is 0 Å². The van der Waals surface area contributed by atoms with Crippen LogP contribution in [0.15, 0.2) is 24.5 Å². The maximum atomic E-state index is 11.5. The van der Waals surface area contributed by atoms with Crippen LogP contribution < -0.4 is 0 Å². The fraction of sp³-hybridized carbons (Fsp3) is 0.364. The topological polar surface area (TPSA) is 79.7 Å². The third-order valence-electron chi connectivity index (χ3n) is 2.53. The highest BCUT2D eigenvalue weighted by atomic mass is 16.6. The molecule has 1 unspecified atom stereocenters. The van der Waals surface area contributed by atoms with Crippen molar-refractivity contribution in [2.24, 2.45) is 0 Å². The van der Waals surface area contributed by atoms with Crippen molar-refractivity contribution in [1.82, 2.24) is 9.88 Å². The molecule has 1 aromatic heterocycles. The third kappa shape index (κ3) is 2.72. The molecule has 2 heterocycles. The van der Waals surface area contributed by atoms with E-state index in [4.69, 9.17) is 9.84 Å². The van der Waals surface area contributed by atoms with Crippen LogP contribution in [0.1, 0.15) is 12.0 Å². The minimum atomic E-state index is -1.10. The summed E-state index contributed by atoms with van der Waals surface area (Å²) in [5, 5.41) is 8.73. The number of hydrogen-bond acceptors (Lipinski definition) is 4. The summed E-state index contributed by atoms with van der Waals surface area (Å²) in [5.74, 6) is -1.10. The molecule has 1 atom stereocenters. The minimum Gasteiger partial charge on any atom is -0.479 e. The SMILES string of the molecule is O=C(O)C1CCN(Cc2cccnc2)C(=O)O1. The number of carbonyl (C=O) groups excluding carboxylic acids is 1. The highest BCUT2D eigenvalue weighted by Crippen LogP contribution is 2.14. The number of hydrogen-bond donors (Lipinski definition) is 1. The number of aromatic nitrogens is 1. The summed E-state index contributed by atoms with van der Waals surface area (Å²) in [5.41, 5.74) is 0.887. The Bertz CT molecular complexity index is 421. The first-order chi connectivity index (χ1) is 8.16. The van der Waals surface area contributed by atoms with Crippen molar-refractivity contribution in [2.75, 3.05) is 6.54 Å². The standard InChI is InChI=1S/C11H12N2O4/c14-10(15)9-3-5-13(11(16)17-9)7-8-2-1-4-12-6-8/h1-2,4,6,9H,3,5,7H2,(H,14,15). The van der Waals surface area contributed by atoms with Crippen LogP contribution in [0.3, 0.4) is 0 Å². The van der Waals surface area contributed by atoms with Gasteiger partial charge in [-0.15, -0.1) is 0 Å². The monoisotopic (exact) mass is 236 g/mol. The number of nitrogens with zero attached hydrogens (tertiary/aromatic N) is 2. The number of carboxylic acids is 1. The van der Waals surface area contributed by atoms with E-state index in [9.17, 15) is 9.59 Å². The van der Waals surface area contributed by atoms with E-state index in [0.29, 0.717) is 19.5 Å². The van der Waals surface area contributed by atoms with Gasteiger partial charge in [0, 0.05) is 25.4 Å². The Balaban J connectivity index is 1.96. The quantitative estimate of drug-likeness (QED) is 0.842. The molecule has 6 nitrogen and oxygen atoms in total. The predicted octanol–water partition coefficient (Wildman–Crippen LogP) is 0.877. The molecule has 90 valence electrons. The van der Waals surface area contributed by atoms with Gasteiger partial charge in [-0.1, -0.05) is 6.07 Å². The van der Waals surface area contributed by atoms with Crippen molar-refractivity contribution in [3.05, 3.63) is 30.1 Å². The number of carbonyl (C=O) groups is 2. The Hall–Kier alpha value is -2.11. The molecule has 1 fully saturated rings. The van der Waals surface area contributed by atoms with Crippen LogP contribution in [0.4, 0.5) is 4.79 Å². The van der Waals surface area contributed by atoms with Gasteiger partial charge in [-0.05, 0) is 11.6 Å². The molecular weight excluding hydrogens is 224 g/mol. The second kappa shape index (κ2) is 4.82. The molecule has 1 amide bonds. The average molecular weight is 236 g/mol. The Morgan fingerprint density at radius 1 is 1.65 bits per heavy atom. The van der Waals surface area contributed by atoms with Crippen molar-refractivity contribution in [2.45, 2.75) is 19.1 Å². The van der Waals surface area contributed by atoms with Gasteiger partial charge < -0.3 is 14.7 Å². The molecule has 0 aromatic carbocycles. The molecule has 0 saturated carbocycles.